The molecule has 0 saturated carbocycles. The molecule has 0 bridgehead atoms. The summed E-state index contributed by atoms with van der Waals surface area (Å²) in [4.78, 5) is 20.1. The summed E-state index contributed by atoms with van der Waals surface area (Å²) >= 11 is 5.93. The highest BCUT2D eigenvalue weighted by Gasteiger charge is 2.15. The molecule has 3 rings (SSSR count). The summed E-state index contributed by atoms with van der Waals surface area (Å²) in [6.07, 6.45) is 1.31. The highest BCUT2D eigenvalue weighted by molar-refractivity contribution is 6.28. The predicted octanol–water partition coefficient (Wildman–Crippen LogP) is 5.74. The van der Waals surface area contributed by atoms with Crippen molar-refractivity contribution in [3.05, 3.63) is 76.7 Å². The molecule has 31 heavy (non-hydrogen) atoms. The topological polar surface area (TPSA) is 76.1 Å². The van der Waals surface area contributed by atoms with Crippen LogP contribution in [0.3, 0.4) is 0 Å². The van der Waals surface area contributed by atoms with Crippen molar-refractivity contribution in [1.82, 2.24) is 15.3 Å². The van der Waals surface area contributed by atoms with Crippen LogP contribution >= 0.6 is 11.6 Å². The van der Waals surface area contributed by atoms with Gasteiger partial charge in [0.25, 0.3) is 0 Å². The average molecular weight is 439 g/mol. The summed E-state index contributed by atoms with van der Waals surface area (Å²) in [7, 11) is 0. The Morgan fingerprint density at radius 3 is 2.23 bits per heavy atom. The third kappa shape index (κ3) is 6.96. The Morgan fingerprint density at radius 1 is 1.00 bits per heavy atom. The summed E-state index contributed by atoms with van der Waals surface area (Å²) in [5.74, 6) is 0. The maximum absolute atomic E-state index is 11.8. The van der Waals surface area contributed by atoms with Crippen LogP contribution in [0.4, 0.5) is 10.5 Å². The monoisotopic (exact) mass is 438 g/mol. The zero-order valence-corrected chi connectivity index (χ0v) is 19.0. The molecule has 0 spiro atoms. The number of alkyl carbamates (subject to hydrolysis) is 1. The van der Waals surface area contributed by atoms with Crippen LogP contribution < -0.4 is 10.6 Å². The first-order chi connectivity index (χ1) is 14.7. The van der Waals surface area contributed by atoms with Crippen LogP contribution in [0.15, 0.2) is 54.7 Å². The summed E-state index contributed by atoms with van der Waals surface area (Å²) < 4.78 is 5.25. The quantitative estimate of drug-likeness (QED) is 0.480. The molecule has 0 fully saturated rings. The van der Waals surface area contributed by atoms with Gasteiger partial charge in [0.15, 0.2) is 0 Å². The maximum Gasteiger partial charge on any atom is 0.407 e. The van der Waals surface area contributed by atoms with Crippen molar-refractivity contribution in [1.29, 1.82) is 0 Å². The summed E-state index contributed by atoms with van der Waals surface area (Å²) in [5.41, 5.74) is 5.47. The van der Waals surface area contributed by atoms with Gasteiger partial charge in [-0.15, -0.1) is 0 Å². The highest BCUT2D eigenvalue weighted by atomic mass is 35.5. The second kappa shape index (κ2) is 9.79. The van der Waals surface area contributed by atoms with Crippen LogP contribution in [0.25, 0.3) is 11.3 Å². The van der Waals surface area contributed by atoms with Crippen molar-refractivity contribution >= 4 is 23.4 Å². The molecule has 1 aromatic heterocycles. The Balaban J connectivity index is 1.52. The van der Waals surface area contributed by atoms with Gasteiger partial charge in [-0.05, 0) is 68.1 Å². The smallest absolute Gasteiger partial charge is 0.407 e. The zero-order chi connectivity index (χ0) is 22.4. The number of anilines is 1. The van der Waals surface area contributed by atoms with Gasteiger partial charge >= 0.3 is 6.09 Å². The van der Waals surface area contributed by atoms with E-state index >= 15 is 0 Å². The van der Waals surface area contributed by atoms with Gasteiger partial charge in [-0.1, -0.05) is 36.4 Å². The van der Waals surface area contributed by atoms with Crippen molar-refractivity contribution in [3.63, 3.8) is 0 Å². The van der Waals surface area contributed by atoms with Crippen LogP contribution in [0.1, 0.15) is 37.5 Å². The number of nitrogens with zero attached hydrogens (tertiary/aromatic N) is 2. The van der Waals surface area contributed by atoms with E-state index in [1.54, 1.807) is 6.20 Å². The number of carbonyl (C=O) groups is 1. The minimum Gasteiger partial charge on any atom is -0.444 e. The number of carbonyl (C=O) groups excluding carboxylic acids is 1. The summed E-state index contributed by atoms with van der Waals surface area (Å²) in [6, 6.07) is 16.1. The van der Waals surface area contributed by atoms with Crippen LogP contribution in [-0.4, -0.2) is 21.7 Å². The minimum absolute atomic E-state index is 0.243. The van der Waals surface area contributed by atoms with Crippen molar-refractivity contribution in [2.75, 3.05) is 5.32 Å². The Hall–Kier alpha value is -3.12. The second-order valence-corrected chi connectivity index (χ2v) is 8.61. The van der Waals surface area contributed by atoms with E-state index < -0.39 is 11.7 Å². The van der Waals surface area contributed by atoms with E-state index in [1.165, 1.54) is 0 Å². The summed E-state index contributed by atoms with van der Waals surface area (Å²) in [5, 5.41) is 6.42. The number of aryl methyl sites for hydroxylation is 1. The standard InChI is InChI=1S/C24H27ClN4O2/c1-16-13-27-22(25)29-21(16)19-9-11-20(12-10-19)26-14-17-5-7-18(8-6-17)15-28-23(30)31-24(2,3)4/h5-13,26H,14-15H2,1-4H3,(H,28,30). The predicted molar refractivity (Wildman–Crippen MR) is 124 cm³/mol. The molecule has 0 aliphatic carbocycles. The lowest BCUT2D eigenvalue weighted by Crippen LogP contribution is -2.32. The SMILES string of the molecule is Cc1cnc(Cl)nc1-c1ccc(NCc2ccc(CNC(=O)OC(C)(C)C)cc2)cc1. The fraction of sp³-hybridized carbons (Fsp3) is 0.292. The molecule has 0 radical (unpaired) electrons. The third-order valence-electron chi connectivity index (χ3n) is 4.46. The first-order valence-corrected chi connectivity index (χ1v) is 10.5. The molecular weight excluding hydrogens is 412 g/mol. The fourth-order valence-electron chi connectivity index (χ4n) is 2.93. The first kappa shape index (κ1) is 22.6. The van der Waals surface area contributed by atoms with Gasteiger partial charge in [0.05, 0.1) is 5.69 Å². The number of amides is 1. The lowest BCUT2D eigenvalue weighted by Gasteiger charge is -2.19. The lowest BCUT2D eigenvalue weighted by molar-refractivity contribution is 0.0523. The van der Waals surface area contributed by atoms with Crippen LogP contribution in [0, 0.1) is 6.92 Å². The van der Waals surface area contributed by atoms with E-state index in [-0.39, 0.29) is 5.28 Å². The van der Waals surface area contributed by atoms with E-state index in [0.29, 0.717) is 13.1 Å². The number of hydrogen-bond donors (Lipinski definition) is 2. The largest absolute Gasteiger partial charge is 0.444 e. The molecule has 2 N–H and O–H groups in total. The molecular formula is C24H27ClN4O2. The van der Waals surface area contributed by atoms with E-state index in [2.05, 4.69) is 20.6 Å². The van der Waals surface area contributed by atoms with Crippen LogP contribution in [-0.2, 0) is 17.8 Å². The molecule has 7 heteroatoms. The van der Waals surface area contributed by atoms with Gasteiger partial charge in [-0.3, -0.25) is 0 Å². The van der Waals surface area contributed by atoms with E-state index in [4.69, 9.17) is 16.3 Å². The van der Waals surface area contributed by atoms with Gasteiger partial charge in [0.1, 0.15) is 5.60 Å². The second-order valence-electron chi connectivity index (χ2n) is 8.27. The van der Waals surface area contributed by atoms with Gasteiger partial charge in [0, 0.05) is 30.5 Å². The van der Waals surface area contributed by atoms with Crippen molar-refractivity contribution in [3.8, 4) is 11.3 Å². The Bertz CT molecular complexity index is 1030. The van der Waals surface area contributed by atoms with Crippen molar-refractivity contribution < 1.29 is 9.53 Å². The molecule has 162 valence electrons. The van der Waals surface area contributed by atoms with Crippen molar-refractivity contribution in [2.45, 2.75) is 46.4 Å². The van der Waals surface area contributed by atoms with E-state index in [1.807, 2.05) is 76.2 Å². The fourth-order valence-corrected chi connectivity index (χ4v) is 3.06. The Labute approximate surface area is 188 Å². The zero-order valence-electron chi connectivity index (χ0n) is 18.2. The average Bonchev–Trinajstić information content (AvgIpc) is 2.72. The summed E-state index contributed by atoms with van der Waals surface area (Å²) in [6.45, 7) is 8.61. The van der Waals surface area contributed by atoms with Gasteiger partial charge in [0.2, 0.25) is 5.28 Å². The molecule has 1 amide bonds. The number of aromatic nitrogens is 2. The molecule has 0 unspecified atom stereocenters. The maximum atomic E-state index is 11.8. The van der Waals surface area contributed by atoms with E-state index in [9.17, 15) is 4.79 Å². The normalized spacial score (nSPS) is 11.1. The molecule has 0 saturated heterocycles. The lowest BCUT2D eigenvalue weighted by atomic mass is 10.1. The van der Waals surface area contributed by atoms with Crippen LogP contribution in [0.2, 0.25) is 5.28 Å². The third-order valence-corrected chi connectivity index (χ3v) is 4.64. The van der Waals surface area contributed by atoms with Gasteiger partial charge in [-0.25, -0.2) is 14.8 Å². The first-order valence-electron chi connectivity index (χ1n) is 10.1. The number of rotatable bonds is 6. The van der Waals surface area contributed by atoms with Gasteiger partial charge < -0.3 is 15.4 Å². The molecule has 6 nitrogen and oxygen atoms in total. The molecule has 0 aliphatic rings. The van der Waals surface area contributed by atoms with Crippen LogP contribution in [0.5, 0.6) is 0 Å². The number of benzene rings is 2. The number of halogens is 1. The molecule has 1 heterocycles. The number of hydrogen-bond acceptors (Lipinski definition) is 5. The highest BCUT2D eigenvalue weighted by Crippen LogP contribution is 2.23. The minimum atomic E-state index is -0.501. The molecule has 0 atom stereocenters. The Kier molecular flexibility index (Phi) is 7.13. The number of nitrogens with one attached hydrogen (secondary N) is 2. The molecule has 2 aromatic carbocycles. The van der Waals surface area contributed by atoms with E-state index in [0.717, 1.165) is 33.6 Å². The van der Waals surface area contributed by atoms with Crippen molar-refractivity contribution in [2.24, 2.45) is 0 Å². The molecule has 3 aromatic rings. The molecule has 0 aliphatic heterocycles. The van der Waals surface area contributed by atoms with Gasteiger partial charge in [-0.2, -0.15) is 0 Å². The Morgan fingerprint density at radius 2 is 1.61 bits per heavy atom. The number of ether oxygens (including phenoxy) is 1.